The molecule has 1 aromatic rings. The molecule has 0 spiro atoms. The van der Waals surface area contributed by atoms with Crippen molar-refractivity contribution in [1.82, 2.24) is 10.3 Å². The van der Waals surface area contributed by atoms with Crippen molar-refractivity contribution in [3.63, 3.8) is 0 Å². The summed E-state index contributed by atoms with van der Waals surface area (Å²) >= 11 is 0. The third-order valence-electron chi connectivity index (χ3n) is 3.32. The Kier molecular flexibility index (Phi) is 4.96. The van der Waals surface area contributed by atoms with E-state index in [9.17, 15) is 0 Å². The molecule has 0 aliphatic carbocycles. The lowest BCUT2D eigenvalue weighted by Gasteiger charge is -2.34. The van der Waals surface area contributed by atoms with Gasteiger partial charge in [0, 0.05) is 31.5 Å². The smallest absolute Gasteiger partial charge is 0.0748 e. The van der Waals surface area contributed by atoms with E-state index in [1.54, 1.807) is 0 Å². The van der Waals surface area contributed by atoms with Gasteiger partial charge in [-0.15, -0.1) is 0 Å². The van der Waals surface area contributed by atoms with Crippen molar-refractivity contribution < 1.29 is 4.74 Å². The molecule has 2 heterocycles. The van der Waals surface area contributed by atoms with Crippen LogP contribution >= 0.6 is 0 Å². The number of nitrogens with zero attached hydrogens (tertiary/aromatic N) is 2. The molecule has 0 saturated carbocycles. The maximum Gasteiger partial charge on any atom is 0.0748 e. The average Bonchev–Trinajstić information content (AvgIpc) is 2.45. The Morgan fingerprint density at radius 3 is 3.17 bits per heavy atom. The zero-order chi connectivity index (χ0) is 12.8. The lowest BCUT2D eigenvalue weighted by Crippen LogP contribution is -2.42. The Bertz CT molecular complexity index is 370. The summed E-state index contributed by atoms with van der Waals surface area (Å²) in [6, 6.07) is 4.27. The van der Waals surface area contributed by atoms with Crippen molar-refractivity contribution >= 4 is 5.69 Å². The standard InChI is InChI=1S/C14H23N3O/c1-3-14-11-17(7-8-18-14)13-5-6-16-12(9-13)10-15-4-2/h5-6,9,14-15H,3-4,7-8,10-11H2,1-2H3. The van der Waals surface area contributed by atoms with Crippen molar-refractivity contribution in [1.29, 1.82) is 0 Å². The fourth-order valence-corrected chi connectivity index (χ4v) is 2.21. The van der Waals surface area contributed by atoms with E-state index in [1.165, 1.54) is 5.69 Å². The number of morpholine rings is 1. The van der Waals surface area contributed by atoms with Gasteiger partial charge in [-0.2, -0.15) is 0 Å². The van der Waals surface area contributed by atoms with Gasteiger partial charge < -0.3 is 15.0 Å². The van der Waals surface area contributed by atoms with Gasteiger partial charge >= 0.3 is 0 Å². The molecule has 1 aliphatic heterocycles. The second kappa shape index (κ2) is 6.71. The third kappa shape index (κ3) is 3.43. The first-order chi connectivity index (χ1) is 8.83. The maximum absolute atomic E-state index is 5.70. The molecule has 2 rings (SSSR count). The maximum atomic E-state index is 5.70. The number of nitrogens with one attached hydrogen (secondary N) is 1. The fourth-order valence-electron chi connectivity index (χ4n) is 2.21. The Morgan fingerprint density at radius 2 is 2.39 bits per heavy atom. The lowest BCUT2D eigenvalue weighted by atomic mass is 10.2. The predicted molar refractivity (Wildman–Crippen MR) is 73.9 cm³/mol. The van der Waals surface area contributed by atoms with Gasteiger partial charge in [0.15, 0.2) is 0 Å². The summed E-state index contributed by atoms with van der Waals surface area (Å²) < 4.78 is 5.70. The van der Waals surface area contributed by atoms with E-state index in [-0.39, 0.29) is 0 Å². The van der Waals surface area contributed by atoms with Crippen molar-refractivity contribution in [3.05, 3.63) is 24.0 Å². The molecule has 4 heteroatoms. The molecule has 1 aromatic heterocycles. The molecule has 0 bridgehead atoms. The molecule has 0 radical (unpaired) electrons. The number of ether oxygens (including phenoxy) is 1. The topological polar surface area (TPSA) is 37.4 Å². The number of anilines is 1. The monoisotopic (exact) mass is 249 g/mol. The minimum atomic E-state index is 0.365. The number of pyridine rings is 1. The Balaban J connectivity index is 2.02. The van der Waals surface area contributed by atoms with Crippen molar-refractivity contribution in [2.24, 2.45) is 0 Å². The molecule has 0 amide bonds. The van der Waals surface area contributed by atoms with Crippen LogP contribution in [0.15, 0.2) is 18.3 Å². The van der Waals surface area contributed by atoms with Gasteiger partial charge in [-0.3, -0.25) is 4.98 Å². The molecule has 100 valence electrons. The van der Waals surface area contributed by atoms with Crippen molar-refractivity contribution in [3.8, 4) is 0 Å². The van der Waals surface area contributed by atoms with Crippen LogP contribution in [-0.2, 0) is 11.3 Å². The molecular formula is C14H23N3O. The summed E-state index contributed by atoms with van der Waals surface area (Å²) in [6.45, 7) is 8.88. The fraction of sp³-hybridized carbons (Fsp3) is 0.643. The Hall–Kier alpha value is -1.13. The summed E-state index contributed by atoms with van der Waals surface area (Å²) in [4.78, 5) is 6.79. The molecule has 0 aromatic carbocycles. The molecule has 1 atom stereocenters. The SMILES string of the molecule is CCNCc1cc(N2CCOC(CC)C2)ccn1. The molecule has 4 nitrogen and oxygen atoms in total. The van der Waals surface area contributed by atoms with E-state index in [2.05, 4.69) is 41.2 Å². The van der Waals surface area contributed by atoms with E-state index in [4.69, 9.17) is 4.74 Å². The van der Waals surface area contributed by atoms with Crippen LogP contribution in [0.2, 0.25) is 0 Å². The van der Waals surface area contributed by atoms with Gasteiger partial charge in [-0.05, 0) is 25.1 Å². The zero-order valence-corrected chi connectivity index (χ0v) is 11.4. The first-order valence-corrected chi connectivity index (χ1v) is 6.85. The summed E-state index contributed by atoms with van der Waals surface area (Å²) in [5.41, 5.74) is 2.37. The van der Waals surface area contributed by atoms with E-state index in [0.29, 0.717) is 6.10 Å². The molecule has 1 N–H and O–H groups in total. The number of aromatic nitrogens is 1. The predicted octanol–water partition coefficient (Wildman–Crippen LogP) is 1.81. The van der Waals surface area contributed by atoms with E-state index in [0.717, 1.165) is 44.9 Å². The highest BCUT2D eigenvalue weighted by atomic mass is 16.5. The van der Waals surface area contributed by atoms with Gasteiger partial charge in [-0.25, -0.2) is 0 Å². The zero-order valence-electron chi connectivity index (χ0n) is 11.4. The third-order valence-corrected chi connectivity index (χ3v) is 3.32. The minimum Gasteiger partial charge on any atom is -0.375 e. The highest BCUT2D eigenvalue weighted by Crippen LogP contribution is 2.19. The second-order valence-corrected chi connectivity index (χ2v) is 4.63. The summed E-state index contributed by atoms with van der Waals surface area (Å²) in [5, 5.41) is 3.31. The highest BCUT2D eigenvalue weighted by molar-refractivity contribution is 5.47. The van der Waals surface area contributed by atoms with E-state index < -0.39 is 0 Å². The normalized spacial score (nSPS) is 20.1. The molecule has 1 aliphatic rings. The first kappa shape index (κ1) is 13.3. The van der Waals surface area contributed by atoms with Crippen LogP contribution in [0.5, 0.6) is 0 Å². The van der Waals surface area contributed by atoms with Crippen LogP contribution in [0, 0.1) is 0 Å². The Morgan fingerprint density at radius 1 is 1.50 bits per heavy atom. The number of hydrogen-bond donors (Lipinski definition) is 1. The molecule has 1 fully saturated rings. The number of rotatable bonds is 5. The van der Waals surface area contributed by atoms with Crippen LogP contribution < -0.4 is 10.2 Å². The second-order valence-electron chi connectivity index (χ2n) is 4.63. The lowest BCUT2D eigenvalue weighted by molar-refractivity contribution is 0.0384. The van der Waals surface area contributed by atoms with Gasteiger partial charge in [-0.1, -0.05) is 13.8 Å². The van der Waals surface area contributed by atoms with E-state index >= 15 is 0 Å². The molecular weight excluding hydrogens is 226 g/mol. The van der Waals surface area contributed by atoms with Crippen LogP contribution in [0.4, 0.5) is 5.69 Å². The van der Waals surface area contributed by atoms with Crippen molar-refractivity contribution in [2.45, 2.75) is 32.9 Å². The molecule has 1 saturated heterocycles. The summed E-state index contributed by atoms with van der Waals surface area (Å²) in [5.74, 6) is 0. The van der Waals surface area contributed by atoms with Gasteiger partial charge in [0.25, 0.3) is 0 Å². The summed E-state index contributed by atoms with van der Waals surface area (Å²) in [6.07, 6.45) is 3.34. The summed E-state index contributed by atoms with van der Waals surface area (Å²) in [7, 11) is 0. The van der Waals surface area contributed by atoms with Crippen LogP contribution in [0.25, 0.3) is 0 Å². The molecule has 1 unspecified atom stereocenters. The van der Waals surface area contributed by atoms with Crippen molar-refractivity contribution in [2.75, 3.05) is 31.1 Å². The van der Waals surface area contributed by atoms with Crippen LogP contribution in [0.1, 0.15) is 26.0 Å². The minimum absolute atomic E-state index is 0.365. The number of hydrogen-bond acceptors (Lipinski definition) is 4. The quantitative estimate of drug-likeness (QED) is 0.863. The Labute approximate surface area is 109 Å². The van der Waals surface area contributed by atoms with Gasteiger partial charge in [0.1, 0.15) is 0 Å². The van der Waals surface area contributed by atoms with Crippen LogP contribution in [0.3, 0.4) is 0 Å². The molecule has 18 heavy (non-hydrogen) atoms. The first-order valence-electron chi connectivity index (χ1n) is 6.85. The van der Waals surface area contributed by atoms with Crippen LogP contribution in [-0.4, -0.2) is 37.3 Å². The average molecular weight is 249 g/mol. The highest BCUT2D eigenvalue weighted by Gasteiger charge is 2.19. The van der Waals surface area contributed by atoms with E-state index in [1.807, 2.05) is 6.20 Å². The van der Waals surface area contributed by atoms with Gasteiger partial charge in [0.05, 0.1) is 18.4 Å². The van der Waals surface area contributed by atoms with Gasteiger partial charge in [0.2, 0.25) is 0 Å². The largest absolute Gasteiger partial charge is 0.375 e.